The van der Waals surface area contributed by atoms with E-state index in [0.29, 0.717) is 41.6 Å². The number of carbonyl (C=O) groups is 1. The molecule has 0 aromatic carbocycles. The number of hydrogen-bond acceptors (Lipinski definition) is 7. The van der Waals surface area contributed by atoms with Crippen LogP contribution in [0.3, 0.4) is 0 Å². The van der Waals surface area contributed by atoms with Crippen LogP contribution < -0.4 is 20.7 Å². The minimum absolute atomic E-state index is 0.121. The van der Waals surface area contributed by atoms with Crippen molar-refractivity contribution in [3.63, 3.8) is 0 Å². The Morgan fingerprint density at radius 3 is 3.06 bits per heavy atom. The van der Waals surface area contributed by atoms with Gasteiger partial charge in [-0.05, 0) is 44.4 Å². The molecule has 1 fully saturated rings. The molecule has 4 rings (SSSR count). The van der Waals surface area contributed by atoms with Crippen LogP contribution in [0.25, 0.3) is 5.65 Å². The highest BCUT2D eigenvalue weighted by Gasteiger charge is 2.31. The van der Waals surface area contributed by atoms with Crippen LogP contribution in [0.2, 0.25) is 0 Å². The molecule has 1 saturated heterocycles. The molecule has 3 N–H and O–H groups in total. The van der Waals surface area contributed by atoms with Crippen molar-refractivity contribution in [1.82, 2.24) is 24.9 Å². The van der Waals surface area contributed by atoms with E-state index >= 15 is 0 Å². The fraction of sp³-hybridized carbons (Fsp3) is 0.429. The highest BCUT2D eigenvalue weighted by atomic mass is 19.1. The molecule has 1 amide bonds. The van der Waals surface area contributed by atoms with Crippen LogP contribution in [0.15, 0.2) is 30.7 Å². The Morgan fingerprint density at radius 2 is 2.26 bits per heavy atom. The number of carbonyl (C=O) groups excluding carboxylic acids is 1. The maximum atomic E-state index is 13.9. The zero-order chi connectivity index (χ0) is 21.8. The predicted octanol–water partition coefficient (Wildman–Crippen LogP) is 2.08. The molecule has 0 unspecified atom stereocenters. The second kappa shape index (κ2) is 9.25. The molecule has 4 heterocycles. The van der Waals surface area contributed by atoms with E-state index in [4.69, 9.17) is 15.5 Å². The van der Waals surface area contributed by atoms with Gasteiger partial charge in [0, 0.05) is 24.8 Å². The van der Waals surface area contributed by atoms with Crippen molar-refractivity contribution < 1.29 is 13.9 Å². The monoisotopic (exact) mass is 427 g/mol. The fourth-order valence-electron chi connectivity index (χ4n) is 3.96. The molecule has 0 saturated carbocycles. The second-order valence-electron chi connectivity index (χ2n) is 7.47. The smallest absolute Gasteiger partial charge is 0.256 e. The zero-order valence-corrected chi connectivity index (χ0v) is 17.4. The summed E-state index contributed by atoms with van der Waals surface area (Å²) in [5, 5.41) is 7.13. The number of amides is 1. The van der Waals surface area contributed by atoms with E-state index < -0.39 is 5.82 Å². The number of hydrogen-bond donors (Lipinski definition) is 2. The first-order valence-corrected chi connectivity index (χ1v) is 10.4. The molecule has 1 aliphatic heterocycles. The van der Waals surface area contributed by atoms with Crippen molar-refractivity contribution in [3.05, 3.63) is 47.7 Å². The van der Waals surface area contributed by atoms with E-state index in [1.165, 1.54) is 19.4 Å². The summed E-state index contributed by atoms with van der Waals surface area (Å²) < 4.78 is 20.8. The van der Waals surface area contributed by atoms with Gasteiger partial charge >= 0.3 is 0 Å². The molecule has 10 heteroatoms. The molecule has 1 atom stereocenters. The van der Waals surface area contributed by atoms with Crippen molar-refractivity contribution in [2.45, 2.75) is 31.7 Å². The topological polar surface area (TPSA) is 111 Å². The van der Waals surface area contributed by atoms with Crippen LogP contribution in [-0.2, 0) is 0 Å². The van der Waals surface area contributed by atoms with E-state index in [9.17, 15) is 9.18 Å². The number of halogens is 1. The lowest BCUT2D eigenvalue weighted by atomic mass is 10.1. The van der Waals surface area contributed by atoms with Crippen molar-refractivity contribution in [3.8, 4) is 5.88 Å². The van der Waals surface area contributed by atoms with Gasteiger partial charge in [-0.1, -0.05) is 0 Å². The lowest BCUT2D eigenvalue weighted by Crippen LogP contribution is -2.26. The SMILES string of the molecule is COc1ncc(F)cc1[C@H]1CCCN1c1ccn2ncc(C(=O)NCCCCN)c2n1. The van der Waals surface area contributed by atoms with Crippen molar-refractivity contribution >= 4 is 17.4 Å². The molecule has 0 spiro atoms. The first kappa shape index (κ1) is 21.0. The average Bonchev–Trinajstić information content (AvgIpc) is 3.43. The number of rotatable bonds is 8. The quantitative estimate of drug-likeness (QED) is 0.530. The molecule has 3 aromatic rings. The van der Waals surface area contributed by atoms with Gasteiger partial charge in [0.05, 0.1) is 25.5 Å². The number of unbranched alkanes of at least 4 members (excludes halogenated alkanes) is 1. The third-order valence-electron chi connectivity index (χ3n) is 5.46. The Kier molecular flexibility index (Phi) is 6.26. The lowest BCUT2D eigenvalue weighted by molar-refractivity contribution is 0.0954. The number of ether oxygens (including phenoxy) is 1. The molecule has 9 nitrogen and oxygen atoms in total. The Balaban J connectivity index is 1.62. The first-order chi connectivity index (χ1) is 15.1. The number of nitrogens with one attached hydrogen (secondary N) is 1. The van der Waals surface area contributed by atoms with Crippen molar-refractivity contribution in [2.24, 2.45) is 5.73 Å². The van der Waals surface area contributed by atoms with E-state index in [-0.39, 0.29) is 11.9 Å². The van der Waals surface area contributed by atoms with Gasteiger partial charge in [-0.3, -0.25) is 4.79 Å². The van der Waals surface area contributed by atoms with Crippen molar-refractivity contribution in [2.75, 3.05) is 31.6 Å². The van der Waals surface area contributed by atoms with E-state index in [1.54, 1.807) is 10.7 Å². The number of anilines is 1. The summed E-state index contributed by atoms with van der Waals surface area (Å²) in [6.45, 7) is 1.90. The maximum Gasteiger partial charge on any atom is 0.256 e. The Morgan fingerprint density at radius 1 is 1.39 bits per heavy atom. The minimum atomic E-state index is -0.407. The number of pyridine rings is 1. The van der Waals surface area contributed by atoms with Crippen LogP contribution in [0, 0.1) is 5.82 Å². The third-order valence-corrected chi connectivity index (χ3v) is 5.46. The predicted molar refractivity (Wildman–Crippen MR) is 114 cm³/mol. The maximum absolute atomic E-state index is 13.9. The molecule has 1 aliphatic rings. The molecule has 3 aromatic heterocycles. The summed E-state index contributed by atoms with van der Waals surface area (Å²) in [6, 6.07) is 3.19. The largest absolute Gasteiger partial charge is 0.481 e. The van der Waals surface area contributed by atoms with Crippen molar-refractivity contribution in [1.29, 1.82) is 0 Å². The lowest BCUT2D eigenvalue weighted by Gasteiger charge is -2.26. The molecule has 31 heavy (non-hydrogen) atoms. The van der Waals surface area contributed by atoms with Gasteiger partial charge < -0.3 is 20.7 Å². The van der Waals surface area contributed by atoms with E-state index in [0.717, 1.165) is 38.4 Å². The number of methoxy groups -OCH3 is 1. The normalized spacial score (nSPS) is 16.1. The van der Waals surface area contributed by atoms with Gasteiger partial charge in [-0.15, -0.1) is 0 Å². The molecule has 0 aliphatic carbocycles. The molecular weight excluding hydrogens is 401 g/mol. The minimum Gasteiger partial charge on any atom is -0.481 e. The fourth-order valence-corrected chi connectivity index (χ4v) is 3.96. The summed E-state index contributed by atoms with van der Waals surface area (Å²) >= 11 is 0. The van der Waals surface area contributed by atoms with Crippen LogP contribution in [0.4, 0.5) is 10.2 Å². The van der Waals surface area contributed by atoms with Crippen LogP contribution in [-0.4, -0.2) is 52.2 Å². The van der Waals surface area contributed by atoms with E-state index in [1.807, 2.05) is 6.07 Å². The van der Waals surface area contributed by atoms with Crippen LogP contribution in [0.5, 0.6) is 5.88 Å². The third kappa shape index (κ3) is 4.29. The van der Waals surface area contributed by atoms with Gasteiger partial charge in [0.2, 0.25) is 5.88 Å². The van der Waals surface area contributed by atoms with Gasteiger partial charge in [0.1, 0.15) is 17.2 Å². The summed E-state index contributed by atoms with van der Waals surface area (Å²) in [4.78, 5) is 23.5. The number of nitrogens with two attached hydrogens (primary N) is 1. The molecule has 0 bridgehead atoms. The summed E-state index contributed by atoms with van der Waals surface area (Å²) in [6.07, 6.45) is 7.86. The molecular formula is C21H26FN7O2. The highest BCUT2D eigenvalue weighted by Crippen LogP contribution is 2.38. The van der Waals surface area contributed by atoms with Crippen LogP contribution in [0.1, 0.15) is 47.6 Å². The number of aromatic nitrogens is 4. The number of fused-ring (bicyclic) bond motifs is 1. The summed E-state index contributed by atoms with van der Waals surface area (Å²) in [7, 11) is 1.53. The van der Waals surface area contributed by atoms with Gasteiger partial charge in [-0.25, -0.2) is 18.9 Å². The van der Waals surface area contributed by atoms with E-state index in [2.05, 4.69) is 20.3 Å². The molecule has 0 radical (unpaired) electrons. The van der Waals surface area contributed by atoms with Gasteiger partial charge in [-0.2, -0.15) is 5.10 Å². The summed E-state index contributed by atoms with van der Waals surface area (Å²) in [5.41, 5.74) is 7.07. The van der Waals surface area contributed by atoms with Gasteiger partial charge in [0.25, 0.3) is 5.91 Å². The number of nitrogens with zero attached hydrogens (tertiary/aromatic N) is 5. The Bertz CT molecular complexity index is 1070. The van der Waals surface area contributed by atoms with Gasteiger partial charge in [0.15, 0.2) is 5.65 Å². The standard InChI is InChI=1S/C21H26FN7O2/c1-31-21-15(11-14(22)12-25-21)17-5-4-9-28(17)18-6-10-29-19(27-18)16(13-26-29)20(30)24-8-3-2-7-23/h6,10-13,17H,2-5,7-9,23H2,1H3,(H,24,30)/t17-/m1/s1. The second-order valence-corrected chi connectivity index (χ2v) is 7.47. The average molecular weight is 427 g/mol. The highest BCUT2D eigenvalue weighted by molar-refractivity contribution is 5.99. The summed E-state index contributed by atoms with van der Waals surface area (Å²) in [5.74, 6) is 0.473. The van der Waals surface area contributed by atoms with Crippen LogP contribution >= 0.6 is 0 Å². The first-order valence-electron chi connectivity index (χ1n) is 10.4. The molecule has 164 valence electrons. The zero-order valence-electron chi connectivity index (χ0n) is 17.4. The Hall–Kier alpha value is -3.27. The Labute approximate surface area is 179 Å².